The molecule has 22 heavy (non-hydrogen) atoms. The van der Waals surface area contributed by atoms with Crippen LogP contribution in [-0.2, 0) is 11.4 Å². The van der Waals surface area contributed by atoms with Crippen molar-refractivity contribution in [1.29, 1.82) is 0 Å². The first-order valence-corrected chi connectivity index (χ1v) is 7.50. The van der Waals surface area contributed by atoms with Crippen molar-refractivity contribution in [2.45, 2.75) is 23.1 Å². The van der Waals surface area contributed by atoms with Crippen LogP contribution in [0.3, 0.4) is 0 Å². The lowest BCUT2D eigenvalue weighted by Gasteiger charge is -2.19. The highest BCUT2D eigenvalue weighted by molar-refractivity contribution is 8.00. The van der Waals surface area contributed by atoms with Gasteiger partial charge in [-0.25, -0.2) is 4.99 Å². The predicted octanol–water partition coefficient (Wildman–Crippen LogP) is 2.92. The molecule has 1 fully saturated rings. The fourth-order valence-electron chi connectivity index (χ4n) is 2.36. The molecule has 0 aromatic heterocycles. The Morgan fingerprint density at radius 1 is 1.32 bits per heavy atom. The van der Waals surface area contributed by atoms with Crippen molar-refractivity contribution in [2.24, 2.45) is 16.6 Å². The average molecular weight is 329 g/mol. The number of hydrogen-bond donors (Lipinski definition) is 1. The molecule has 2 atom stereocenters. The van der Waals surface area contributed by atoms with E-state index in [-0.39, 0.29) is 28.7 Å². The molecule has 118 valence electrons. The van der Waals surface area contributed by atoms with E-state index in [1.165, 1.54) is 12.1 Å². The highest BCUT2D eigenvalue weighted by Gasteiger charge is 2.38. The van der Waals surface area contributed by atoms with Crippen LogP contribution in [0.15, 0.2) is 46.3 Å². The van der Waals surface area contributed by atoms with Crippen LogP contribution >= 0.6 is 11.8 Å². The molecule has 4 nitrogen and oxygen atoms in total. The van der Waals surface area contributed by atoms with Gasteiger partial charge in [-0.1, -0.05) is 24.3 Å². The van der Waals surface area contributed by atoms with Gasteiger partial charge in [0.15, 0.2) is 0 Å². The zero-order chi connectivity index (χ0) is 15.7. The van der Waals surface area contributed by atoms with Gasteiger partial charge in [0.1, 0.15) is 6.17 Å². The average Bonchev–Trinajstić information content (AvgIpc) is 2.77. The minimum atomic E-state index is -4.28. The lowest BCUT2D eigenvalue weighted by Crippen LogP contribution is -2.39. The highest BCUT2D eigenvalue weighted by atomic mass is 32.2. The monoisotopic (exact) mass is 329 g/mol. The number of hydroxylamine groups is 2. The Morgan fingerprint density at radius 2 is 2.05 bits per heavy atom. The Morgan fingerprint density at radius 3 is 2.68 bits per heavy atom. The van der Waals surface area contributed by atoms with Gasteiger partial charge < -0.3 is 10.6 Å². The standard InChI is InChI=1S/C14H14F3N3OS/c15-14(16,17)22-10-5-3-9(4-6-10)8-20-12(18)11-2-1-7-19-13(11)21-20/h1-6,11-12H,7-8,18H2. The molecule has 1 saturated heterocycles. The van der Waals surface area contributed by atoms with E-state index >= 15 is 0 Å². The second-order valence-electron chi connectivity index (χ2n) is 4.98. The van der Waals surface area contributed by atoms with Crippen LogP contribution in [0, 0.1) is 5.92 Å². The van der Waals surface area contributed by atoms with Gasteiger partial charge in [-0.05, 0) is 29.5 Å². The largest absolute Gasteiger partial charge is 0.446 e. The molecule has 3 rings (SSSR count). The molecule has 8 heteroatoms. The van der Waals surface area contributed by atoms with Crippen molar-refractivity contribution in [2.75, 3.05) is 6.54 Å². The molecule has 1 aromatic carbocycles. The number of aliphatic imine (C=N–C) groups is 1. The fraction of sp³-hybridized carbons (Fsp3) is 0.357. The third-order valence-corrected chi connectivity index (χ3v) is 4.13. The predicted molar refractivity (Wildman–Crippen MR) is 77.9 cm³/mol. The van der Waals surface area contributed by atoms with E-state index in [9.17, 15) is 13.2 Å². The van der Waals surface area contributed by atoms with Crippen molar-refractivity contribution in [1.82, 2.24) is 5.06 Å². The van der Waals surface area contributed by atoms with Crippen LogP contribution < -0.4 is 5.73 Å². The summed E-state index contributed by atoms with van der Waals surface area (Å²) < 4.78 is 36.9. The lowest BCUT2D eigenvalue weighted by molar-refractivity contribution is -0.0845. The van der Waals surface area contributed by atoms with Crippen LogP contribution in [0.4, 0.5) is 13.2 Å². The molecule has 2 unspecified atom stereocenters. The maximum atomic E-state index is 12.3. The lowest BCUT2D eigenvalue weighted by atomic mass is 10.0. The summed E-state index contributed by atoms with van der Waals surface area (Å²) in [6.45, 7) is 0.969. The molecule has 0 spiro atoms. The van der Waals surface area contributed by atoms with Gasteiger partial charge in [-0.3, -0.25) is 0 Å². The number of thioether (sulfide) groups is 1. The van der Waals surface area contributed by atoms with Crippen LogP contribution in [0.25, 0.3) is 0 Å². The van der Waals surface area contributed by atoms with E-state index in [2.05, 4.69) is 4.99 Å². The molecule has 0 bridgehead atoms. The molecule has 0 saturated carbocycles. The number of halogens is 3. The smallest absolute Gasteiger partial charge is 0.388 e. The number of nitrogens with two attached hydrogens (primary N) is 1. The molecular weight excluding hydrogens is 315 g/mol. The van der Waals surface area contributed by atoms with Crippen LogP contribution in [0.1, 0.15) is 5.56 Å². The Balaban J connectivity index is 1.65. The normalized spacial score (nSPS) is 24.8. The molecule has 2 N–H and O–H groups in total. The first-order chi connectivity index (χ1) is 10.4. The zero-order valence-corrected chi connectivity index (χ0v) is 12.3. The minimum absolute atomic E-state index is 0.0613. The highest BCUT2D eigenvalue weighted by Crippen LogP contribution is 2.36. The molecule has 2 heterocycles. The molecule has 0 radical (unpaired) electrons. The van der Waals surface area contributed by atoms with E-state index in [1.807, 2.05) is 12.2 Å². The van der Waals surface area contributed by atoms with Gasteiger partial charge in [0.05, 0.1) is 19.0 Å². The summed E-state index contributed by atoms with van der Waals surface area (Å²) in [5, 5.41) is 1.60. The van der Waals surface area contributed by atoms with Gasteiger partial charge in [-0.15, -0.1) is 5.06 Å². The van der Waals surface area contributed by atoms with Crippen LogP contribution in [-0.4, -0.2) is 29.2 Å². The first-order valence-electron chi connectivity index (χ1n) is 6.68. The second kappa shape index (κ2) is 5.94. The van der Waals surface area contributed by atoms with Crippen molar-refractivity contribution in [3.05, 3.63) is 42.0 Å². The number of alkyl halides is 3. The van der Waals surface area contributed by atoms with Crippen LogP contribution in [0.2, 0.25) is 0 Å². The molecule has 2 aliphatic rings. The summed E-state index contributed by atoms with van der Waals surface area (Å²) in [5.74, 6) is 0.535. The topological polar surface area (TPSA) is 50.9 Å². The molecule has 2 aliphatic heterocycles. The van der Waals surface area contributed by atoms with E-state index in [4.69, 9.17) is 10.6 Å². The van der Waals surface area contributed by atoms with E-state index in [0.717, 1.165) is 5.56 Å². The summed E-state index contributed by atoms with van der Waals surface area (Å²) in [6, 6.07) is 6.17. The van der Waals surface area contributed by atoms with E-state index in [0.29, 0.717) is 19.0 Å². The molecule has 0 aliphatic carbocycles. The van der Waals surface area contributed by atoms with Gasteiger partial charge in [-0.2, -0.15) is 13.2 Å². The number of benzene rings is 1. The minimum Gasteiger partial charge on any atom is -0.388 e. The molecule has 1 aromatic rings. The number of fused-ring (bicyclic) bond motifs is 1. The first kappa shape index (κ1) is 15.4. The molecule has 0 amide bonds. The third-order valence-electron chi connectivity index (χ3n) is 3.39. The maximum Gasteiger partial charge on any atom is 0.446 e. The summed E-state index contributed by atoms with van der Waals surface area (Å²) in [6.07, 6.45) is 3.56. The maximum absolute atomic E-state index is 12.3. The Bertz CT molecular complexity index is 600. The number of rotatable bonds is 3. The summed E-state index contributed by atoms with van der Waals surface area (Å²) in [7, 11) is 0. The van der Waals surface area contributed by atoms with Crippen molar-refractivity contribution >= 4 is 17.7 Å². The Labute approximate surface area is 129 Å². The number of nitrogens with zero attached hydrogens (tertiary/aromatic N) is 2. The van der Waals surface area contributed by atoms with Gasteiger partial charge in [0.25, 0.3) is 0 Å². The third kappa shape index (κ3) is 3.45. The van der Waals surface area contributed by atoms with Gasteiger partial charge in [0, 0.05) is 4.90 Å². The van der Waals surface area contributed by atoms with Crippen molar-refractivity contribution in [3.63, 3.8) is 0 Å². The van der Waals surface area contributed by atoms with E-state index in [1.54, 1.807) is 17.2 Å². The second-order valence-corrected chi connectivity index (χ2v) is 6.12. The summed E-state index contributed by atoms with van der Waals surface area (Å²) in [5.41, 5.74) is 2.66. The van der Waals surface area contributed by atoms with Crippen molar-refractivity contribution in [3.8, 4) is 0 Å². The van der Waals surface area contributed by atoms with Gasteiger partial charge in [0.2, 0.25) is 5.90 Å². The molecular formula is C14H14F3N3OS. The zero-order valence-electron chi connectivity index (χ0n) is 11.5. The van der Waals surface area contributed by atoms with E-state index < -0.39 is 5.51 Å². The van der Waals surface area contributed by atoms with Gasteiger partial charge >= 0.3 is 5.51 Å². The SMILES string of the molecule is NC1C2C=CCN=C2ON1Cc1ccc(SC(F)(F)F)cc1. The van der Waals surface area contributed by atoms with Crippen molar-refractivity contribution < 1.29 is 18.0 Å². The number of hydrogen-bond acceptors (Lipinski definition) is 5. The number of dihydropyridines is 1. The Kier molecular flexibility index (Phi) is 4.16. The summed E-state index contributed by atoms with van der Waals surface area (Å²) >= 11 is -0.129. The summed E-state index contributed by atoms with van der Waals surface area (Å²) in [4.78, 5) is 10.0. The quantitative estimate of drug-likeness (QED) is 0.684. The Hall–Kier alpha value is -1.51. The van der Waals surface area contributed by atoms with Crippen LogP contribution in [0.5, 0.6) is 0 Å². The fourth-order valence-corrected chi connectivity index (χ4v) is 2.90.